The lowest BCUT2D eigenvalue weighted by Gasteiger charge is -2.36. The van der Waals surface area contributed by atoms with Gasteiger partial charge in [-0.05, 0) is 25.7 Å². The van der Waals surface area contributed by atoms with Crippen LogP contribution >= 0.6 is 0 Å². The number of nitrogens with zero attached hydrogens (tertiary/aromatic N) is 1. The van der Waals surface area contributed by atoms with Gasteiger partial charge in [0.2, 0.25) is 12.3 Å². The van der Waals surface area contributed by atoms with E-state index in [0.29, 0.717) is 31.8 Å². The molecular weight excluding hydrogens is 252 g/mol. The number of carbonyl (C=O) groups is 1. The van der Waals surface area contributed by atoms with Gasteiger partial charge in [-0.2, -0.15) is 0 Å². The van der Waals surface area contributed by atoms with Gasteiger partial charge in [0, 0.05) is 37.6 Å². The number of nitrogens with one attached hydrogen (secondary N) is 1. The number of likely N-dealkylation sites (tertiary alicyclic amines) is 1. The number of carbonyl (C=O) groups excluding carboxylic acids is 1. The van der Waals surface area contributed by atoms with Crippen LogP contribution in [0.4, 0.5) is 8.78 Å². The van der Waals surface area contributed by atoms with Crippen molar-refractivity contribution in [2.24, 2.45) is 11.1 Å². The highest BCUT2D eigenvalue weighted by Crippen LogP contribution is 2.45. The van der Waals surface area contributed by atoms with E-state index in [-0.39, 0.29) is 24.4 Å². The lowest BCUT2D eigenvalue weighted by molar-refractivity contribution is -0.146. The number of fused-ring (bicyclic) bond motifs is 2. The molecule has 4 nitrogen and oxygen atoms in total. The molecule has 3 fully saturated rings. The van der Waals surface area contributed by atoms with Gasteiger partial charge < -0.3 is 16.0 Å². The van der Waals surface area contributed by atoms with E-state index in [4.69, 9.17) is 5.73 Å². The van der Waals surface area contributed by atoms with Crippen LogP contribution in [0, 0.1) is 5.41 Å². The Morgan fingerprint density at radius 3 is 2.79 bits per heavy atom. The van der Waals surface area contributed by atoms with Crippen LogP contribution in [-0.2, 0) is 4.79 Å². The molecule has 19 heavy (non-hydrogen) atoms. The van der Waals surface area contributed by atoms with Gasteiger partial charge in [-0.3, -0.25) is 4.79 Å². The van der Waals surface area contributed by atoms with Crippen LogP contribution in [-0.4, -0.2) is 48.4 Å². The fourth-order valence-electron chi connectivity index (χ4n) is 4.04. The number of halogens is 2. The molecule has 108 valence electrons. The van der Waals surface area contributed by atoms with Gasteiger partial charge >= 0.3 is 0 Å². The summed E-state index contributed by atoms with van der Waals surface area (Å²) in [6, 6.07) is 0.442. The molecule has 0 aromatic rings. The lowest BCUT2D eigenvalue weighted by Crippen LogP contribution is -2.52. The van der Waals surface area contributed by atoms with Gasteiger partial charge in [-0.1, -0.05) is 0 Å². The van der Waals surface area contributed by atoms with Gasteiger partial charge in [-0.25, -0.2) is 8.78 Å². The maximum atomic E-state index is 12.9. The van der Waals surface area contributed by atoms with Crippen molar-refractivity contribution < 1.29 is 13.6 Å². The molecule has 2 bridgehead atoms. The molecule has 0 aromatic carbocycles. The zero-order chi connectivity index (χ0) is 13.6. The Labute approximate surface area is 111 Å². The molecular formula is C13H21F2N3O. The van der Waals surface area contributed by atoms with E-state index in [1.165, 1.54) is 0 Å². The highest BCUT2D eigenvalue weighted by Gasteiger charge is 2.51. The Morgan fingerprint density at radius 1 is 1.53 bits per heavy atom. The summed E-state index contributed by atoms with van der Waals surface area (Å²) in [5.41, 5.74) is 4.97. The van der Waals surface area contributed by atoms with E-state index in [0.717, 1.165) is 13.0 Å². The molecule has 1 saturated carbocycles. The Bertz CT molecular complexity index is 379. The molecule has 3 aliphatic rings. The topological polar surface area (TPSA) is 58.4 Å². The highest BCUT2D eigenvalue weighted by atomic mass is 19.3. The van der Waals surface area contributed by atoms with Crippen LogP contribution in [0.15, 0.2) is 0 Å². The van der Waals surface area contributed by atoms with Crippen LogP contribution in [0.2, 0.25) is 0 Å². The molecule has 1 amide bonds. The molecule has 6 heteroatoms. The van der Waals surface area contributed by atoms with E-state index < -0.39 is 11.8 Å². The maximum absolute atomic E-state index is 12.9. The number of amides is 1. The summed E-state index contributed by atoms with van der Waals surface area (Å²) in [4.78, 5) is 14.6. The van der Waals surface area contributed by atoms with Crippen molar-refractivity contribution in [2.75, 3.05) is 13.1 Å². The minimum Gasteiger partial charge on any atom is -0.336 e. The fourth-order valence-corrected chi connectivity index (χ4v) is 4.04. The monoisotopic (exact) mass is 273 g/mol. The van der Waals surface area contributed by atoms with Crippen molar-refractivity contribution in [3.8, 4) is 0 Å². The second-order valence-corrected chi connectivity index (χ2v) is 6.33. The summed E-state index contributed by atoms with van der Waals surface area (Å²) >= 11 is 0. The van der Waals surface area contributed by atoms with Crippen molar-refractivity contribution in [2.45, 2.75) is 56.7 Å². The first-order chi connectivity index (χ1) is 9.00. The second-order valence-electron chi connectivity index (χ2n) is 6.33. The molecule has 0 spiro atoms. The van der Waals surface area contributed by atoms with Crippen LogP contribution in [0.3, 0.4) is 0 Å². The van der Waals surface area contributed by atoms with Gasteiger partial charge in [0.1, 0.15) is 0 Å². The van der Waals surface area contributed by atoms with Crippen molar-refractivity contribution in [3.63, 3.8) is 0 Å². The Hall–Kier alpha value is -0.750. The molecule has 0 aromatic heterocycles. The van der Waals surface area contributed by atoms with E-state index in [9.17, 15) is 13.6 Å². The summed E-state index contributed by atoms with van der Waals surface area (Å²) in [6.07, 6.45) is -0.203. The van der Waals surface area contributed by atoms with Gasteiger partial charge in [0.15, 0.2) is 0 Å². The number of rotatable bonds is 3. The lowest BCUT2D eigenvalue weighted by atomic mass is 9.80. The number of hydrogen-bond donors (Lipinski definition) is 2. The van der Waals surface area contributed by atoms with E-state index in [2.05, 4.69) is 5.32 Å². The van der Waals surface area contributed by atoms with E-state index in [1.807, 2.05) is 4.90 Å². The predicted octanol–water partition coefficient (Wildman–Crippen LogP) is 0.712. The predicted molar refractivity (Wildman–Crippen MR) is 66.8 cm³/mol. The van der Waals surface area contributed by atoms with E-state index >= 15 is 0 Å². The van der Waals surface area contributed by atoms with Crippen LogP contribution in [0.25, 0.3) is 0 Å². The van der Waals surface area contributed by atoms with Gasteiger partial charge in [-0.15, -0.1) is 0 Å². The first-order valence-corrected chi connectivity index (χ1v) is 7.08. The smallest absolute Gasteiger partial charge is 0.239 e. The number of nitrogens with two attached hydrogens (primary N) is 1. The van der Waals surface area contributed by atoms with Crippen LogP contribution in [0.5, 0.6) is 0 Å². The average Bonchev–Trinajstić information content (AvgIpc) is 3.03. The zero-order valence-electron chi connectivity index (χ0n) is 10.9. The van der Waals surface area contributed by atoms with Crippen LogP contribution < -0.4 is 11.1 Å². The summed E-state index contributed by atoms with van der Waals surface area (Å²) in [5, 5.41) is 3.33. The molecule has 3 N–H and O–H groups in total. The van der Waals surface area contributed by atoms with E-state index in [1.54, 1.807) is 0 Å². The Balaban J connectivity index is 1.78. The number of hydrogen-bond acceptors (Lipinski definition) is 3. The van der Waals surface area contributed by atoms with Gasteiger partial charge in [0.25, 0.3) is 0 Å². The molecule has 0 radical (unpaired) electrons. The number of alkyl halides is 2. The first kappa shape index (κ1) is 13.2. The first-order valence-electron chi connectivity index (χ1n) is 7.08. The third kappa shape index (κ3) is 2.25. The SMILES string of the molecule is N[C@@H]1CC[C@](CC(F)F)(C(=O)N2C[C@@H]3C[C@H]2CN3)C1. The Morgan fingerprint density at radius 2 is 2.32 bits per heavy atom. The zero-order valence-corrected chi connectivity index (χ0v) is 10.9. The highest BCUT2D eigenvalue weighted by molar-refractivity contribution is 5.84. The van der Waals surface area contributed by atoms with Crippen molar-refractivity contribution in [3.05, 3.63) is 0 Å². The molecule has 4 atom stereocenters. The summed E-state index contributed by atoms with van der Waals surface area (Å²) in [6.45, 7) is 1.47. The maximum Gasteiger partial charge on any atom is 0.239 e. The molecule has 0 unspecified atom stereocenters. The average molecular weight is 273 g/mol. The molecule has 3 rings (SSSR count). The third-order valence-electron chi connectivity index (χ3n) is 4.96. The summed E-state index contributed by atoms with van der Waals surface area (Å²) in [7, 11) is 0. The molecule has 2 saturated heterocycles. The molecule has 2 heterocycles. The van der Waals surface area contributed by atoms with Gasteiger partial charge in [0.05, 0.1) is 5.41 Å². The number of piperazine rings is 1. The summed E-state index contributed by atoms with van der Waals surface area (Å²) in [5.74, 6) is -0.0743. The third-order valence-corrected chi connectivity index (χ3v) is 4.96. The largest absolute Gasteiger partial charge is 0.336 e. The van der Waals surface area contributed by atoms with Crippen molar-refractivity contribution in [1.82, 2.24) is 10.2 Å². The van der Waals surface area contributed by atoms with Crippen LogP contribution in [0.1, 0.15) is 32.1 Å². The fraction of sp³-hybridized carbons (Fsp3) is 0.923. The Kier molecular flexibility index (Phi) is 3.25. The second kappa shape index (κ2) is 4.66. The van der Waals surface area contributed by atoms with Crippen molar-refractivity contribution in [1.29, 1.82) is 0 Å². The standard InChI is InChI=1S/C13H21F2N3O/c14-11(15)5-13(2-1-8(16)4-13)12(19)18-7-9-3-10(18)6-17-9/h8-11,17H,1-7,16H2/t8-,9+,10+,13+/m1/s1. The summed E-state index contributed by atoms with van der Waals surface area (Å²) < 4.78 is 25.7. The normalized spacial score (nSPS) is 41.5. The minimum atomic E-state index is -2.44. The quantitative estimate of drug-likeness (QED) is 0.796. The molecule has 1 aliphatic carbocycles. The van der Waals surface area contributed by atoms with Crippen molar-refractivity contribution >= 4 is 5.91 Å². The minimum absolute atomic E-state index is 0.0743. The molecule has 2 aliphatic heterocycles.